The maximum Gasteiger partial charge on any atom is 0.0886 e. The Morgan fingerprint density at radius 2 is 0.950 bits per heavy atom. The van der Waals surface area contributed by atoms with Crippen molar-refractivity contribution in [1.82, 2.24) is 15.0 Å². The molecule has 40 heavy (non-hydrogen) atoms. The Hall–Kier alpha value is -5.41. The lowest BCUT2D eigenvalue weighted by Gasteiger charge is -2.15. The first-order chi connectivity index (χ1) is 19.8. The summed E-state index contributed by atoms with van der Waals surface area (Å²) in [5, 5.41) is 7.07. The molecular formula is C37H23N3. The van der Waals surface area contributed by atoms with Crippen LogP contribution in [0.5, 0.6) is 0 Å². The molecule has 3 heteroatoms. The first kappa shape index (κ1) is 22.6. The Balaban J connectivity index is 1.31. The minimum atomic E-state index is 0.871. The highest BCUT2D eigenvalue weighted by Crippen LogP contribution is 2.40. The van der Waals surface area contributed by atoms with E-state index >= 15 is 0 Å². The summed E-state index contributed by atoms with van der Waals surface area (Å²) < 4.78 is 0. The molecule has 0 bridgehead atoms. The van der Waals surface area contributed by atoms with Gasteiger partial charge in [0.1, 0.15) is 0 Å². The topological polar surface area (TPSA) is 38.7 Å². The minimum absolute atomic E-state index is 0.871. The lowest BCUT2D eigenvalue weighted by molar-refractivity contribution is 1.25. The van der Waals surface area contributed by atoms with Crippen LogP contribution in [-0.2, 0) is 0 Å². The molecule has 3 heterocycles. The zero-order valence-electron chi connectivity index (χ0n) is 21.6. The summed E-state index contributed by atoms with van der Waals surface area (Å²) in [5.41, 5.74) is 8.41. The molecule has 0 aliphatic heterocycles. The third-order valence-electron chi connectivity index (χ3n) is 7.76. The van der Waals surface area contributed by atoms with Crippen LogP contribution in [-0.4, -0.2) is 15.0 Å². The van der Waals surface area contributed by atoms with Crippen molar-refractivity contribution in [2.75, 3.05) is 0 Å². The Kier molecular flexibility index (Phi) is 5.14. The zero-order chi connectivity index (χ0) is 26.5. The first-order valence-corrected chi connectivity index (χ1v) is 13.4. The molecule has 186 valence electrons. The molecule has 0 unspecified atom stereocenters. The molecule has 0 saturated carbocycles. The van der Waals surface area contributed by atoms with E-state index in [1.54, 1.807) is 6.20 Å². The quantitative estimate of drug-likeness (QED) is 0.176. The van der Waals surface area contributed by atoms with Gasteiger partial charge in [0.25, 0.3) is 0 Å². The Morgan fingerprint density at radius 1 is 0.375 bits per heavy atom. The largest absolute Gasteiger partial charge is 0.255 e. The van der Waals surface area contributed by atoms with Gasteiger partial charge in [-0.2, -0.15) is 0 Å². The van der Waals surface area contributed by atoms with Crippen LogP contribution >= 0.6 is 0 Å². The van der Waals surface area contributed by atoms with E-state index in [0.29, 0.717) is 0 Å². The van der Waals surface area contributed by atoms with Gasteiger partial charge in [0, 0.05) is 45.1 Å². The lowest BCUT2D eigenvalue weighted by Crippen LogP contribution is -1.92. The van der Waals surface area contributed by atoms with E-state index in [9.17, 15) is 0 Å². The average molecular weight is 510 g/mol. The van der Waals surface area contributed by atoms with Gasteiger partial charge < -0.3 is 0 Å². The van der Waals surface area contributed by atoms with Gasteiger partial charge in [-0.25, -0.2) is 4.98 Å². The van der Waals surface area contributed by atoms with E-state index in [1.807, 2.05) is 30.5 Å². The smallest absolute Gasteiger partial charge is 0.0886 e. The highest BCUT2D eigenvalue weighted by molar-refractivity contribution is 6.21. The van der Waals surface area contributed by atoms with Gasteiger partial charge in [0.2, 0.25) is 0 Å². The second kappa shape index (κ2) is 9.11. The van der Waals surface area contributed by atoms with Crippen molar-refractivity contribution in [1.29, 1.82) is 0 Å². The summed E-state index contributed by atoms with van der Waals surface area (Å²) in [6, 6.07) is 44.7. The fourth-order valence-corrected chi connectivity index (χ4v) is 5.78. The van der Waals surface area contributed by atoms with Crippen molar-refractivity contribution in [3.8, 4) is 33.6 Å². The first-order valence-electron chi connectivity index (χ1n) is 13.4. The molecule has 0 amide bonds. The van der Waals surface area contributed by atoms with Gasteiger partial charge in [-0.1, -0.05) is 109 Å². The van der Waals surface area contributed by atoms with E-state index in [4.69, 9.17) is 4.98 Å². The summed E-state index contributed by atoms with van der Waals surface area (Å²) in [7, 11) is 0. The van der Waals surface area contributed by atoms with Crippen molar-refractivity contribution in [2.45, 2.75) is 0 Å². The fourth-order valence-electron chi connectivity index (χ4n) is 5.78. The van der Waals surface area contributed by atoms with Gasteiger partial charge in [-0.3, -0.25) is 9.97 Å². The molecular weight excluding hydrogens is 486 g/mol. The average Bonchev–Trinajstić information content (AvgIpc) is 3.04. The molecule has 5 aromatic carbocycles. The molecule has 0 spiro atoms. The number of pyridine rings is 3. The molecule has 8 rings (SSSR count). The van der Waals surface area contributed by atoms with E-state index in [2.05, 4.69) is 113 Å². The van der Waals surface area contributed by atoms with Crippen molar-refractivity contribution >= 4 is 43.4 Å². The van der Waals surface area contributed by atoms with Gasteiger partial charge >= 0.3 is 0 Å². The molecule has 3 aromatic heterocycles. The Labute approximate surface area is 231 Å². The van der Waals surface area contributed by atoms with Gasteiger partial charge in [0.05, 0.1) is 22.4 Å². The van der Waals surface area contributed by atoms with Crippen LogP contribution in [0, 0.1) is 0 Å². The summed E-state index contributed by atoms with van der Waals surface area (Å²) in [4.78, 5) is 14.4. The molecule has 8 aromatic rings. The molecule has 0 saturated heterocycles. The number of aromatic nitrogens is 3. The molecule has 0 aliphatic rings. The number of hydrogen-bond donors (Lipinski definition) is 0. The molecule has 0 atom stereocenters. The zero-order valence-corrected chi connectivity index (χ0v) is 21.6. The number of hydrogen-bond acceptors (Lipinski definition) is 3. The third kappa shape index (κ3) is 3.63. The van der Waals surface area contributed by atoms with Crippen molar-refractivity contribution in [3.05, 3.63) is 140 Å². The third-order valence-corrected chi connectivity index (χ3v) is 7.76. The monoisotopic (exact) mass is 509 g/mol. The molecule has 0 radical (unpaired) electrons. The van der Waals surface area contributed by atoms with E-state index in [0.717, 1.165) is 44.3 Å². The van der Waals surface area contributed by atoms with E-state index in [1.165, 1.54) is 32.7 Å². The van der Waals surface area contributed by atoms with E-state index < -0.39 is 0 Å². The van der Waals surface area contributed by atoms with Crippen molar-refractivity contribution in [3.63, 3.8) is 0 Å². The molecule has 0 aliphatic carbocycles. The number of benzene rings is 5. The lowest BCUT2D eigenvalue weighted by atomic mass is 9.92. The maximum absolute atomic E-state index is 5.31. The second-order valence-corrected chi connectivity index (χ2v) is 10.1. The summed E-state index contributed by atoms with van der Waals surface area (Å²) in [5.74, 6) is 0. The van der Waals surface area contributed by atoms with Crippen molar-refractivity contribution < 1.29 is 0 Å². The summed E-state index contributed by atoms with van der Waals surface area (Å²) in [6.45, 7) is 0. The van der Waals surface area contributed by atoms with Gasteiger partial charge in [-0.05, 0) is 40.1 Å². The van der Waals surface area contributed by atoms with Crippen LogP contribution in [0.1, 0.15) is 0 Å². The molecule has 0 N–H and O–H groups in total. The number of nitrogens with zero attached hydrogens (tertiary/aromatic N) is 3. The predicted molar refractivity (Wildman–Crippen MR) is 166 cm³/mol. The van der Waals surface area contributed by atoms with Gasteiger partial charge in [0.15, 0.2) is 0 Å². The van der Waals surface area contributed by atoms with Crippen LogP contribution in [0.25, 0.3) is 77.0 Å². The molecule has 3 nitrogen and oxygen atoms in total. The number of rotatable bonds is 3. The maximum atomic E-state index is 5.31. The van der Waals surface area contributed by atoms with Crippen molar-refractivity contribution in [2.24, 2.45) is 0 Å². The standard InChI is InChI=1S/C37H23N3/c1-3-9-29-25(7-1)16-19-31-35(32-20-17-26-8-2-4-10-30(26)37(32)40-36(29)31)27-14-12-24(13-15-27)28-18-21-34(39-23-28)33-11-5-6-22-38-33/h1-23H. The minimum Gasteiger partial charge on any atom is -0.255 e. The SMILES string of the molecule is c1ccc(-c2ccc(-c3ccc(-c4c5ccc6ccccc6c5nc5c4ccc4ccccc45)cc3)cn2)nc1. The van der Waals surface area contributed by atoms with Crippen LogP contribution in [0.15, 0.2) is 140 Å². The highest BCUT2D eigenvalue weighted by Gasteiger charge is 2.15. The Bertz CT molecular complexity index is 2090. The summed E-state index contributed by atoms with van der Waals surface area (Å²) in [6.07, 6.45) is 3.72. The fraction of sp³-hybridized carbons (Fsp3) is 0. The summed E-state index contributed by atoms with van der Waals surface area (Å²) >= 11 is 0. The van der Waals surface area contributed by atoms with E-state index in [-0.39, 0.29) is 0 Å². The predicted octanol–water partition coefficient (Wildman–Crippen LogP) is 9.49. The van der Waals surface area contributed by atoms with Crippen LogP contribution < -0.4 is 0 Å². The normalized spacial score (nSPS) is 11.5. The van der Waals surface area contributed by atoms with Crippen LogP contribution in [0.3, 0.4) is 0 Å². The second-order valence-electron chi connectivity index (χ2n) is 10.1. The van der Waals surface area contributed by atoms with Gasteiger partial charge in [-0.15, -0.1) is 0 Å². The molecule has 0 fully saturated rings. The highest BCUT2D eigenvalue weighted by atomic mass is 14.8. The van der Waals surface area contributed by atoms with Crippen LogP contribution in [0.4, 0.5) is 0 Å². The Morgan fingerprint density at radius 3 is 1.55 bits per heavy atom. The number of fused-ring (bicyclic) bond motifs is 6. The van der Waals surface area contributed by atoms with Crippen LogP contribution in [0.2, 0.25) is 0 Å².